The van der Waals surface area contributed by atoms with Crippen molar-refractivity contribution in [3.63, 3.8) is 0 Å². The lowest BCUT2D eigenvalue weighted by molar-refractivity contribution is -0.156. The molecule has 148 valence electrons. The van der Waals surface area contributed by atoms with E-state index in [4.69, 9.17) is 9.94 Å². The smallest absolute Gasteiger partial charge is 0.413 e. The van der Waals surface area contributed by atoms with Gasteiger partial charge in [-0.1, -0.05) is 0 Å². The van der Waals surface area contributed by atoms with Gasteiger partial charge in [0.15, 0.2) is 5.13 Å². The van der Waals surface area contributed by atoms with Gasteiger partial charge >= 0.3 is 17.9 Å². The average molecular weight is 401 g/mol. The Balaban J connectivity index is 1.33. The molecule has 7 nitrogen and oxygen atoms in total. The number of hydrogen-bond donors (Lipinski definition) is 3. The minimum Gasteiger partial charge on any atom is -0.449 e. The van der Waals surface area contributed by atoms with Gasteiger partial charge in [-0.2, -0.15) is 8.78 Å². The Morgan fingerprint density at radius 3 is 2.41 bits per heavy atom. The lowest BCUT2D eigenvalue weighted by Gasteiger charge is -2.56. The summed E-state index contributed by atoms with van der Waals surface area (Å²) >= 11 is 0.753. The number of amides is 2. The van der Waals surface area contributed by atoms with Crippen molar-refractivity contribution in [1.29, 1.82) is 0 Å². The lowest BCUT2D eigenvalue weighted by atomic mass is 9.50. The second-order valence-corrected chi connectivity index (χ2v) is 9.03. The van der Waals surface area contributed by atoms with E-state index in [-0.39, 0.29) is 10.5 Å². The van der Waals surface area contributed by atoms with Crippen LogP contribution in [0.5, 0.6) is 0 Å². The summed E-state index contributed by atoms with van der Waals surface area (Å²) in [7, 11) is 0. The number of hydroxylamine groups is 1. The number of alkyl halides is 2. The van der Waals surface area contributed by atoms with Crippen LogP contribution < -0.4 is 10.8 Å². The van der Waals surface area contributed by atoms with E-state index < -0.39 is 23.6 Å². The molecule has 0 spiro atoms. The molecular weight excluding hydrogens is 380 g/mol. The van der Waals surface area contributed by atoms with Gasteiger partial charge in [0.1, 0.15) is 5.69 Å². The standard InChI is InChI=1S/C17H21F2N3O4S/c18-17(19,13(23)22-25)12-7-27-14(20-12)21-15(24)26-8-16-4-9-1-10(5-16)3-11(2-9)6-16/h7,9-11,25H,1-6,8H2,(H,22,23)(H,20,21,24). The highest BCUT2D eigenvalue weighted by molar-refractivity contribution is 7.13. The number of aromatic nitrogens is 1. The molecule has 0 aliphatic heterocycles. The Bertz CT molecular complexity index is 719. The van der Waals surface area contributed by atoms with Crippen LogP contribution >= 0.6 is 11.3 Å². The van der Waals surface area contributed by atoms with Crippen LogP contribution in [0.3, 0.4) is 0 Å². The third-order valence-electron chi connectivity index (χ3n) is 6.10. The van der Waals surface area contributed by atoms with Crippen molar-refractivity contribution in [1.82, 2.24) is 10.5 Å². The van der Waals surface area contributed by atoms with Gasteiger partial charge in [-0.15, -0.1) is 11.3 Å². The molecule has 1 heterocycles. The molecule has 5 rings (SSSR count). The van der Waals surface area contributed by atoms with Crippen molar-refractivity contribution in [2.75, 3.05) is 11.9 Å². The first-order valence-corrected chi connectivity index (χ1v) is 9.90. The average Bonchev–Trinajstić information content (AvgIpc) is 3.07. The summed E-state index contributed by atoms with van der Waals surface area (Å²) in [4.78, 5) is 26.6. The van der Waals surface area contributed by atoms with E-state index in [1.807, 2.05) is 0 Å². The molecule has 2 amide bonds. The van der Waals surface area contributed by atoms with E-state index in [9.17, 15) is 18.4 Å². The maximum absolute atomic E-state index is 13.7. The van der Waals surface area contributed by atoms with E-state index in [0.717, 1.165) is 59.2 Å². The summed E-state index contributed by atoms with van der Waals surface area (Å²) in [5, 5.41) is 11.6. The van der Waals surface area contributed by atoms with Crippen LogP contribution in [0.15, 0.2) is 5.38 Å². The number of ether oxygens (including phenoxy) is 1. The van der Waals surface area contributed by atoms with Gasteiger partial charge in [0.2, 0.25) is 0 Å². The molecular formula is C17H21F2N3O4S. The zero-order valence-electron chi connectivity index (χ0n) is 14.5. The van der Waals surface area contributed by atoms with Crippen LogP contribution in [0.2, 0.25) is 0 Å². The van der Waals surface area contributed by atoms with Crippen molar-refractivity contribution in [2.45, 2.75) is 44.4 Å². The Labute approximate surface area is 158 Å². The van der Waals surface area contributed by atoms with E-state index in [1.165, 1.54) is 19.3 Å². The van der Waals surface area contributed by atoms with E-state index >= 15 is 0 Å². The van der Waals surface area contributed by atoms with E-state index in [1.54, 1.807) is 0 Å². The molecule has 0 atom stereocenters. The quantitative estimate of drug-likeness (QED) is 0.518. The molecule has 0 unspecified atom stereocenters. The maximum atomic E-state index is 13.7. The van der Waals surface area contributed by atoms with Gasteiger partial charge in [-0.25, -0.2) is 15.3 Å². The summed E-state index contributed by atoms with van der Waals surface area (Å²) in [5.74, 6) is -3.66. The first-order chi connectivity index (χ1) is 12.8. The number of carbonyl (C=O) groups is 2. The molecule has 0 radical (unpaired) electrons. The fourth-order valence-electron chi connectivity index (χ4n) is 5.47. The Hall–Kier alpha value is -1.81. The number of carbonyl (C=O) groups excluding carboxylic acids is 2. The molecule has 4 aliphatic carbocycles. The van der Waals surface area contributed by atoms with Crippen LogP contribution in [0.1, 0.15) is 44.2 Å². The number of nitrogens with zero attached hydrogens (tertiary/aromatic N) is 1. The normalized spacial score (nSPS) is 31.6. The third kappa shape index (κ3) is 3.52. The molecule has 10 heteroatoms. The van der Waals surface area contributed by atoms with Gasteiger partial charge in [-0.05, 0) is 56.3 Å². The second kappa shape index (κ2) is 6.66. The highest BCUT2D eigenvalue weighted by Crippen LogP contribution is 2.60. The van der Waals surface area contributed by atoms with Crippen LogP contribution in [0, 0.1) is 23.2 Å². The first kappa shape index (κ1) is 18.5. The molecule has 27 heavy (non-hydrogen) atoms. The number of hydrogen-bond acceptors (Lipinski definition) is 6. The molecule has 3 N–H and O–H groups in total. The Kier molecular flexibility index (Phi) is 4.58. The van der Waals surface area contributed by atoms with E-state index in [2.05, 4.69) is 10.3 Å². The lowest BCUT2D eigenvalue weighted by Crippen LogP contribution is -2.48. The Morgan fingerprint density at radius 2 is 1.85 bits per heavy atom. The topological polar surface area (TPSA) is 101 Å². The summed E-state index contributed by atoms with van der Waals surface area (Å²) in [6.45, 7) is 0.337. The van der Waals surface area contributed by atoms with Crippen LogP contribution in [0.4, 0.5) is 18.7 Å². The predicted molar refractivity (Wildman–Crippen MR) is 91.5 cm³/mol. The van der Waals surface area contributed by atoms with Gasteiger partial charge in [-0.3, -0.25) is 15.3 Å². The molecule has 4 bridgehead atoms. The van der Waals surface area contributed by atoms with Crippen molar-refractivity contribution in [3.8, 4) is 0 Å². The number of anilines is 1. The number of thiazole rings is 1. The van der Waals surface area contributed by atoms with Crippen molar-refractivity contribution in [2.24, 2.45) is 23.2 Å². The maximum Gasteiger partial charge on any atom is 0.413 e. The zero-order valence-corrected chi connectivity index (χ0v) is 15.4. The minimum atomic E-state index is -3.99. The fraction of sp³-hybridized carbons (Fsp3) is 0.706. The molecule has 4 saturated carbocycles. The van der Waals surface area contributed by atoms with Gasteiger partial charge in [0.05, 0.1) is 6.61 Å². The van der Waals surface area contributed by atoms with Crippen molar-refractivity contribution < 1.29 is 28.3 Å². The third-order valence-corrected chi connectivity index (χ3v) is 6.85. The van der Waals surface area contributed by atoms with Gasteiger partial charge in [0, 0.05) is 10.8 Å². The van der Waals surface area contributed by atoms with Gasteiger partial charge < -0.3 is 4.74 Å². The molecule has 1 aromatic rings. The van der Waals surface area contributed by atoms with Crippen LogP contribution in [-0.4, -0.2) is 28.8 Å². The largest absolute Gasteiger partial charge is 0.449 e. The molecule has 4 fully saturated rings. The SMILES string of the molecule is O=C(Nc1nc(C(F)(F)C(=O)NO)cs1)OCC12CC3CC(CC(C3)C1)C2. The number of rotatable bonds is 5. The predicted octanol–water partition coefficient (Wildman–Crippen LogP) is 3.51. The highest BCUT2D eigenvalue weighted by atomic mass is 32.1. The second-order valence-electron chi connectivity index (χ2n) is 8.17. The van der Waals surface area contributed by atoms with Crippen LogP contribution in [0.25, 0.3) is 0 Å². The fourth-order valence-corrected chi connectivity index (χ4v) is 6.19. The Morgan fingerprint density at radius 1 is 1.26 bits per heavy atom. The molecule has 4 aliphatic rings. The zero-order chi connectivity index (χ0) is 19.2. The summed E-state index contributed by atoms with van der Waals surface area (Å²) in [5.41, 5.74) is 0.111. The summed E-state index contributed by atoms with van der Waals surface area (Å²) in [6, 6.07) is 0. The monoisotopic (exact) mass is 401 g/mol. The number of halogens is 2. The van der Waals surface area contributed by atoms with Gasteiger partial charge in [0.25, 0.3) is 0 Å². The number of nitrogens with one attached hydrogen (secondary N) is 2. The highest BCUT2D eigenvalue weighted by Gasteiger charge is 2.51. The van der Waals surface area contributed by atoms with E-state index in [0.29, 0.717) is 6.61 Å². The molecule has 1 aromatic heterocycles. The molecule has 0 aromatic carbocycles. The van der Waals surface area contributed by atoms with Crippen molar-refractivity contribution in [3.05, 3.63) is 11.1 Å². The summed E-state index contributed by atoms with van der Waals surface area (Å²) < 4.78 is 32.8. The summed E-state index contributed by atoms with van der Waals surface area (Å²) in [6.07, 6.45) is 6.43. The minimum absolute atomic E-state index is 0.0619. The van der Waals surface area contributed by atoms with Crippen molar-refractivity contribution >= 4 is 28.5 Å². The molecule has 0 saturated heterocycles. The van der Waals surface area contributed by atoms with Crippen LogP contribution in [-0.2, 0) is 15.5 Å². The first-order valence-electron chi connectivity index (χ1n) is 9.02.